The van der Waals surface area contributed by atoms with Gasteiger partial charge in [-0.15, -0.1) is 0 Å². The number of fused-ring (bicyclic) bond motifs is 1. The first kappa shape index (κ1) is 28.6. The van der Waals surface area contributed by atoms with E-state index >= 15 is 0 Å². The molecule has 3 amide bonds. The van der Waals surface area contributed by atoms with Crippen molar-refractivity contribution in [2.75, 3.05) is 19.7 Å². The Hall–Kier alpha value is -3.36. The number of para-hydroxylation sites is 1. The summed E-state index contributed by atoms with van der Waals surface area (Å²) in [6, 6.07) is 13.0. The number of halogens is 1. The van der Waals surface area contributed by atoms with E-state index in [9.17, 15) is 14.4 Å². The lowest BCUT2D eigenvalue weighted by molar-refractivity contribution is -0.133. The normalized spacial score (nSPS) is 24.3. The monoisotopic (exact) mass is 552 g/mol. The number of benzene rings is 2. The van der Waals surface area contributed by atoms with Crippen LogP contribution in [0.15, 0.2) is 54.6 Å². The molecule has 39 heavy (non-hydrogen) atoms. The Balaban J connectivity index is 1.59. The molecule has 9 heteroatoms. The van der Waals surface area contributed by atoms with Crippen molar-refractivity contribution in [3.8, 4) is 5.75 Å². The molecule has 1 saturated carbocycles. The molecule has 0 spiro atoms. The molecule has 0 radical (unpaired) electrons. The summed E-state index contributed by atoms with van der Waals surface area (Å²) in [7, 11) is 0. The molecule has 208 valence electrons. The summed E-state index contributed by atoms with van der Waals surface area (Å²) >= 11 is 6.19. The number of hydrogen-bond donors (Lipinski definition) is 4. The fourth-order valence-corrected chi connectivity index (χ4v) is 4.83. The van der Waals surface area contributed by atoms with Gasteiger partial charge in [-0.25, -0.2) is 0 Å². The standard InChI is InChI=1S/C30H37ClN4O4/c1-19(2)26-30(38)35-27(22-12-13-22)29(37)33-14-6-9-21-8-3-4-11-25(21)39-16-15-32-24(28(36)34-26)18-20-7-5-10-23(31)17-20/h3-11,17,19,22,24,26-27,32H,12-16,18H2,1-2H3,(H,33,37)(H,34,36)(H,35,38)/b9-6+/t24-,26-,27+/m1/s1. The van der Waals surface area contributed by atoms with Gasteiger partial charge in [0, 0.05) is 23.7 Å². The highest BCUT2D eigenvalue weighted by atomic mass is 35.5. The molecule has 1 heterocycles. The molecule has 2 aromatic carbocycles. The van der Waals surface area contributed by atoms with Crippen molar-refractivity contribution in [2.24, 2.45) is 11.8 Å². The molecule has 0 bridgehead atoms. The second-order valence-electron chi connectivity index (χ2n) is 10.4. The van der Waals surface area contributed by atoms with Crippen LogP contribution in [-0.4, -0.2) is 55.5 Å². The van der Waals surface area contributed by atoms with E-state index in [1.807, 2.05) is 68.5 Å². The van der Waals surface area contributed by atoms with Crippen LogP contribution in [0.5, 0.6) is 5.75 Å². The van der Waals surface area contributed by atoms with Crippen LogP contribution in [0.25, 0.3) is 6.08 Å². The Morgan fingerprint density at radius 2 is 1.77 bits per heavy atom. The van der Waals surface area contributed by atoms with E-state index in [0.29, 0.717) is 36.9 Å². The Morgan fingerprint density at radius 1 is 0.974 bits per heavy atom. The van der Waals surface area contributed by atoms with Gasteiger partial charge in [0.05, 0.1) is 6.04 Å². The summed E-state index contributed by atoms with van der Waals surface area (Å²) in [5.74, 6) is -0.269. The number of rotatable bonds is 4. The van der Waals surface area contributed by atoms with Gasteiger partial charge < -0.3 is 26.0 Å². The largest absolute Gasteiger partial charge is 0.492 e. The van der Waals surface area contributed by atoms with E-state index in [2.05, 4.69) is 21.3 Å². The zero-order valence-corrected chi connectivity index (χ0v) is 23.2. The molecule has 1 aliphatic heterocycles. The third-order valence-electron chi connectivity index (χ3n) is 6.93. The zero-order valence-electron chi connectivity index (χ0n) is 22.4. The van der Waals surface area contributed by atoms with Gasteiger partial charge in [-0.2, -0.15) is 0 Å². The molecular formula is C30H37ClN4O4. The number of nitrogens with one attached hydrogen (secondary N) is 4. The fraction of sp³-hybridized carbons (Fsp3) is 0.433. The molecule has 0 saturated heterocycles. The highest BCUT2D eigenvalue weighted by Crippen LogP contribution is 2.33. The molecule has 1 fully saturated rings. The van der Waals surface area contributed by atoms with Gasteiger partial charge in [-0.1, -0.05) is 67.9 Å². The van der Waals surface area contributed by atoms with Gasteiger partial charge in [-0.05, 0) is 54.9 Å². The second-order valence-corrected chi connectivity index (χ2v) is 10.9. The van der Waals surface area contributed by atoms with Crippen LogP contribution in [0.3, 0.4) is 0 Å². The van der Waals surface area contributed by atoms with Crippen LogP contribution in [0.1, 0.15) is 37.8 Å². The molecule has 0 aromatic heterocycles. The minimum Gasteiger partial charge on any atom is -0.492 e. The van der Waals surface area contributed by atoms with Gasteiger partial charge in [0.15, 0.2) is 0 Å². The summed E-state index contributed by atoms with van der Waals surface area (Å²) in [6.45, 7) is 4.81. The van der Waals surface area contributed by atoms with Crippen molar-refractivity contribution in [2.45, 2.75) is 51.2 Å². The first-order valence-electron chi connectivity index (χ1n) is 13.6. The maximum Gasteiger partial charge on any atom is 0.243 e. The SMILES string of the molecule is CC(C)[C@H]1NC(=O)[C@@H](Cc2cccc(Cl)c2)NCCOc2ccccc2/C=C/CNC(=O)[C@H](C2CC2)NC1=O. The lowest BCUT2D eigenvalue weighted by atomic mass is 10.00. The summed E-state index contributed by atoms with van der Waals surface area (Å²) in [4.78, 5) is 39.9. The van der Waals surface area contributed by atoms with Gasteiger partial charge in [0.2, 0.25) is 17.7 Å². The Morgan fingerprint density at radius 3 is 2.51 bits per heavy atom. The highest BCUT2D eigenvalue weighted by Gasteiger charge is 2.39. The van der Waals surface area contributed by atoms with E-state index in [0.717, 1.165) is 24.0 Å². The summed E-state index contributed by atoms with van der Waals surface area (Å²) in [5.41, 5.74) is 1.78. The van der Waals surface area contributed by atoms with Crippen molar-refractivity contribution in [1.82, 2.24) is 21.3 Å². The van der Waals surface area contributed by atoms with E-state index < -0.39 is 18.1 Å². The molecule has 2 aliphatic rings. The van der Waals surface area contributed by atoms with Gasteiger partial charge >= 0.3 is 0 Å². The third-order valence-corrected chi connectivity index (χ3v) is 7.16. The first-order chi connectivity index (χ1) is 18.8. The van der Waals surface area contributed by atoms with Crippen LogP contribution in [0, 0.1) is 11.8 Å². The predicted octanol–water partition coefficient (Wildman–Crippen LogP) is 3.10. The van der Waals surface area contributed by atoms with Crippen molar-refractivity contribution in [3.63, 3.8) is 0 Å². The van der Waals surface area contributed by atoms with Crippen LogP contribution in [-0.2, 0) is 20.8 Å². The van der Waals surface area contributed by atoms with Gasteiger partial charge in [-0.3, -0.25) is 14.4 Å². The maximum atomic E-state index is 13.5. The van der Waals surface area contributed by atoms with Gasteiger partial charge in [0.1, 0.15) is 24.4 Å². The van der Waals surface area contributed by atoms with E-state index in [1.54, 1.807) is 6.07 Å². The van der Waals surface area contributed by atoms with E-state index in [4.69, 9.17) is 16.3 Å². The lowest BCUT2D eigenvalue weighted by Crippen LogP contribution is -2.58. The molecule has 0 unspecified atom stereocenters. The van der Waals surface area contributed by atoms with Crippen LogP contribution in [0.2, 0.25) is 5.02 Å². The average Bonchev–Trinajstić information content (AvgIpc) is 3.75. The maximum absolute atomic E-state index is 13.5. The highest BCUT2D eigenvalue weighted by molar-refractivity contribution is 6.30. The molecule has 4 rings (SSSR count). The molecule has 3 atom stereocenters. The summed E-state index contributed by atoms with van der Waals surface area (Å²) in [6.07, 6.45) is 5.91. The molecular weight excluding hydrogens is 516 g/mol. The van der Waals surface area contributed by atoms with Crippen LogP contribution < -0.4 is 26.0 Å². The Kier molecular flexibility index (Phi) is 10.0. The quantitative estimate of drug-likeness (QED) is 0.466. The number of hydrogen-bond acceptors (Lipinski definition) is 5. The minimum absolute atomic E-state index is 0.0957. The van der Waals surface area contributed by atoms with Crippen molar-refractivity contribution in [3.05, 3.63) is 70.8 Å². The Labute approximate surface area is 234 Å². The van der Waals surface area contributed by atoms with E-state index in [-0.39, 0.29) is 29.6 Å². The van der Waals surface area contributed by atoms with Crippen LogP contribution in [0.4, 0.5) is 0 Å². The third kappa shape index (κ3) is 8.31. The van der Waals surface area contributed by atoms with Crippen molar-refractivity contribution < 1.29 is 19.1 Å². The lowest BCUT2D eigenvalue weighted by Gasteiger charge is -2.27. The molecule has 4 N–H and O–H groups in total. The Bertz CT molecular complexity index is 1200. The number of carbonyl (C=O) groups excluding carboxylic acids is 3. The minimum atomic E-state index is -0.794. The summed E-state index contributed by atoms with van der Waals surface area (Å²) in [5, 5.41) is 12.7. The topological polar surface area (TPSA) is 109 Å². The van der Waals surface area contributed by atoms with Crippen molar-refractivity contribution in [1.29, 1.82) is 0 Å². The smallest absolute Gasteiger partial charge is 0.243 e. The second kappa shape index (κ2) is 13.6. The fourth-order valence-electron chi connectivity index (χ4n) is 4.62. The number of amides is 3. The van der Waals surface area contributed by atoms with Crippen molar-refractivity contribution >= 4 is 35.4 Å². The zero-order chi connectivity index (χ0) is 27.8. The molecule has 2 aromatic rings. The first-order valence-corrected chi connectivity index (χ1v) is 13.9. The molecule has 1 aliphatic carbocycles. The van der Waals surface area contributed by atoms with Gasteiger partial charge in [0.25, 0.3) is 0 Å². The number of carbonyl (C=O) groups is 3. The predicted molar refractivity (Wildman–Crippen MR) is 152 cm³/mol. The number of ether oxygens (including phenoxy) is 1. The van der Waals surface area contributed by atoms with Crippen LogP contribution >= 0.6 is 11.6 Å². The van der Waals surface area contributed by atoms with E-state index in [1.165, 1.54) is 0 Å². The molecule has 8 nitrogen and oxygen atoms in total. The average molecular weight is 553 g/mol. The summed E-state index contributed by atoms with van der Waals surface area (Å²) < 4.78 is 6.02.